The number of phenolic OH excluding ortho intramolecular Hbond substituents is 1. The number of aromatic hydroxyl groups is 1. The van der Waals surface area contributed by atoms with Gasteiger partial charge in [-0.15, -0.1) is 11.8 Å². The lowest BCUT2D eigenvalue weighted by Gasteiger charge is -2.12. The van der Waals surface area contributed by atoms with Crippen LogP contribution in [-0.2, 0) is 6.42 Å². The summed E-state index contributed by atoms with van der Waals surface area (Å²) < 4.78 is 0. The molecule has 2 rings (SSSR count). The Morgan fingerprint density at radius 1 is 1.11 bits per heavy atom. The fourth-order valence-corrected chi connectivity index (χ4v) is 2.89. The van der Waals surface area contributed by atoms with Gasteiger partial charge in [-0.1, -0.05) is 30.3 Å². The topological polar surface area (TPSA) is 46.2 Å². The number of nitrogens with two attached hydrogens (primary N) is 1. The second-order valence-corrected chi connectivity index (χ2v) is 5.77. The summed E-state index contributed by atoms with van der Waals surface area (Å²) in [7, 11) is 0. The first-order valence-corrected chi connectivity index (χ1v) is 7.35. The zero-order valence-corrected chi connectivity index (χ0v) is 11.9. The molecule has 0 aliphatic carbocycles. The molecule has 0 saturated heterocycles. The lowest BCUT2D eigenvalue weighted by molar-refractivity contribution is 0.475. The Labute approximate surface area is 118 Å². The molecule has 1 unspecified atom stereocenters. The van der Waals surface area contributed by atoms with Crippen LogP contribution in [0.15, 0.2) is 53.4 Å². The summed E-state index contributed by atoms with van der Waals surface area (Å²) in [5, 5.41) is 9.24. The maximum Gasteiger partial charge on any atom is 0.115 e. The Kier molecular flexibility index (Phi) is 4.88. The Balaban J connectivity index is 1.86. The van der Waals surface area contributed by atoms with E-state index in [1.54, 1.807) is 23.9 Å². The maximum atomic E-state index is 9.24. The average Bonchev–Trinajstić information content (AvgIpc) is 2.40. The zero-order chi connectivity index (χ0) is 13.7. The molecule has 2 aromatic rings. The van der Waals surface area contributed by atoms with Crippen LogP contribution in [0.4, 0.5) is 0 Å². The fraction of sp³-hybridized carbons (Fsp3) is 0.250. The van der Waals surface area contributed by atoms with Crippen molar-refractivity contribution in [3.05, 3.63) is 59.7 Å². The van der Waals surface area contributed by atoms with Gasteiger partial charge in [-0.05, 0) is 42.7 Å². The molecule has 19 heavy (non-hydrogen) atoms. The molecule has 0 aliphatic rings. The first-order chi connectivity index (χ1) is 9.15. The van der Waals surface area contributed by atoms with Crippen LogP contribution >= 0.6 is 11.8 Å². The summed E-state index contributed by atoms with van der Waals surface area (Å²) in [6.45, 7) is 2.12. The number of thioether (sulfide) groups is 1. The molecule has 1 atom stereocenters. The van der Waals surface area contributed by atoms with E-state index >= 15 is 0 Å². The smallest absolute Gasteiger partial charge is 0.115 e. The van der Waals surface area contributed by atoms with Gasteiger partial charge >= 0.3 is 0 Å². The molecular formula is C16H19NOS. The summed E-state index contributed by atoms with van der Waals surface area (Å²) in [5.74, 6) is 1.19. The molecular weight excluding hydrogens is 254 g/mol. The van der Waals surface area contributed by atoms with Crippen LogP contribution in [0, 0.1) is 6.92 Å². The number of hydrogen-bond donors (Lipinski definition) is 2. The Morgan fingerprint density at radius 2 is 1.79 bits per heavy atom. The van der Waals surface area contributed by atoms with E-state index in [2.05, 4.69) is 31.2 Å². The van der Waals surface area contributed by atoms with E-state index in [1.807, 2.05) is 12.1 Å². The third-order valence-corrected chi connectivity index (χ3v) is 4.34. The van der Waals surface area contributed by atoms with Crippen LogP contribution in [0.1, 0.15) is 11.1 Å². The summed E-state index contributed by atoms with van der Waals surface area (Å²) in [6.07, 6.45) is 0.833. The van der Waals surface area contributed by atoms with Gasteiger partial charge < -0.3 is 10.8 Å². The van der Waals surface area contributed by atoms with Crippen molar-refractivity contribution in [2.75, 3.05) is 5.75 Å². The van der Waals surface area contributed by atoms with Crippen LogP contribution in [0.5, 0.6) is 5.75 Å². The third kappa shape index (κ3) is 4.30. The van der Waals surface area contributed by atoms with Crippen molar-refractivity contribution in [2.24, 2.45) is 5.73 Å². The van der Waals surface area contributed by atoms with Gasteiger partial charge in [0, 0.05) is 16.7 Å². The molecule has 2 aromatic carbocycles. The summed E-state index contributed by atoms with van der Waals surface area (Å²) in [5.41, 5.74) is 8.62. The van der Waals surface area contributed by atoms with Crippen molar-refractivity contribution in [3.8, 4) is 5.75 Å². The van der Waals surface area contributed by atoms with Gasteiger partial charge in [0.2, 0.25) is 0 Å². The number of hydrogen-bond acceptors (Lipinski definition) is 3. The van der Waals surface area contributed by atoms with E-state index in [0.29, 0.717) is 5.75 Å². The van der Waals surface area contributed by atoms with Crippen LogP contribution in [0.3, 0.4) is 0 Å². The maximum absolute atomic E-state index is 9.24. The molecule has 0 aliphatic heterocycles. The molecule has 0 spiro atoms. The van der Waals surface area contributed by atoms with Crippen molar-refractivity contribution >= 4 is 11.8 Å². The number of benzene rings is 2. The number of phenols is 1. The minimum atomic E-state index is 0.120. The SMILES string of the molecule is Cc1ccccc1SCC(N)Cc1ccc(O)cc1. The van der Waals surface area contributed by atoms with Gasteiger partial charge in [-0.3, -0.25) is 0 Å². The number of rotatable bonds is 5. The van der Waals surface area contributed by atoms with Gasteiger partial charge in [0.1, 0.15) is 5.75 Å². The quantitative estimate of drug-likeness (QED) is 0.821. The minimum absolute atomic E-state index is 0.120. The second kappa shape index (κ2) is 6.64. The molecule has 100 valence electrons. The molecule has 0 bridgehead atoms. The Hall–Kier alpha value is -1.45. The number of aryl methyl sites for hydroxylation is 1. The van der Waals surface area contributed by atoms with Gasteiger partial charge in [0.15, 0.2) is 0 Å². The molecule has 0 aromatic heterocycles. The molecule has 3 N–H and O–H groups in total. The molecule has 0 amide bonds. The van der Waals surface area contributed by atoms with Gasteiger partial charge in [0.25, 0.3) is 0 Å². The van der Waals surface area contributed by atoms with Gasteiger partial charge in [-0.25, -0.2) is 0 Å². The van der Waals surface area contributed by atoms with Crippen LogP contribution in [0.2, 0.25) is 0 Å². The van der Waals surface area contributed by atoms with Crippen LogP contribution in [-0.4, -0.2) is 16.9 Å². The van der Waals surface area contributed by atoms with Crippen molar-refractivity contribution in [1.29, 1.82) is 0 Å². The van der Waals surface area contributed by atoms with Crippen molar-refractivity contribution in [2.45, 2.75) is 24.3 Å². The lowest BCUT2D eigenvalue weighted by atomic mass is 10.1. The lowest BCUT2D eigenvalue weighted by Crippen LogP contribution is -2.25. The fourth-order valence-electron chi connectivity index (χ4n) is 1.91. The van der Waals surface area contributed by atoms with Gasteiger partial charge in [-0.2, -0.15) is 0 Å². The molecule has 0 heterocycles. The Morgan fingerprint density at radius 3 is 2.47 bits per heavy atom. The standard InChI is InChI=1S/C16H19NOS/c1-12-4-2-3-5-16(12)19-11-14(17)10-13-6-8-15(18)9-7-13/h2-9,14,18H,10-11,17H2,1H3. The third-order valence-electron chi connectivity index (χ3n) is 2.98. The highest BCUT2D eigenvalue weighted by Gasteiger charge is 2.06. The highest BCUT2D eigenvalue weighted by molar-refractivity contribution is 7.99. The van der Waals surface area contributed by atoms with Crippen molar-refractivity contribution in [3.63, 3.8) is 0 Å². The second-order valence-electron chi connectivity index (χ2n) is 4.71. The molecule has 0 fully saturated rings. The molecule has 2 nitrogen and oxygen atoms in total. The van der Waals surface area contributed by atoms with Crippen LogP contribution < -0.4 is 5.73 Å². The van der Waals surface area contributed by atoms with Gasteiger partial charge in [0.05, 0.1) is 0 Å². The largest absolute Gasteiger partial charge is 0.508 e. The Bertz CT molecular complexity index is 525. The van der Waals surface area contributed by atoms with E-state index in [1.165, 1.54) is 10.5 Å². The van der Waals surface area contributed by atoms with E-state index in [0.717, 1.165) is 17.7 Å². The van der Waals surface area contributed by atoms with E-state index in [9.17, 15) is 5.11 Å². The zero-order valence-electron chi connectivity index (χ0n) is 11.0. The molecule has 0 saturated carbocycles. The van der Waals surface area contributed by atoms with Crippen molar-refractivity contribution < 1.29 is 5.11 Å². The predicted molar refractivity (Wildman–Crippen MR) is 81.7 cm³/mol. The first-order valence-electron chi connectivity index (χ1n) is 6.37. The predicted octanol–water partition coefficient (Wildman–Crippen LogP) is 3.36. The van der Waals surface area contributed by atoms with E-state index in [-0.39, 0.29) is 6.04 Å². The normalized spacial score (nSPS) is 12.3. The summed E-state index contributed by atoms with van der Waals surface area (Å²) >= 11 is 1.80. The molecule has 3 heteroatoms. The highest BCUT2D eigenvalue weighted by Crippen LogP contribution is 2.23. The monoisotopic (exact) mass is 273 g/mol. The minimum Gasteiger partial charge on any atom is -0.508 e. The van der Waals surface area contributed by atoms with E-state index < -0.39 is 0 Å². The molecule has 0 radical (unpaired) electrons. The average molecular weight is 273 g/mol. The highest BCUT2D eigenvalue weighted by atomic mass is 32.2. The summed E-state index contributed by atoms with van der Waals surface area (Å²) in [4.78, 5) is 1.30. The first kappa shape index (κ1) is 14.0. The van der Waals surface area contributed by atoms with Crippen LogP contribution in [0.25, 0.3) is 0 Å². The van der Waals surface area contributed by atoms with E-state index in [4.69, 9.17) is 5.73 Å². The summed E-state index contributed by atoms with van der Waals surface area (Å²) in [6, 6.07) is 15.7. The van der Waals surface area contributed by atoms with Crippen molar-refractivity contribution in [1.82, 2.24) is 0 Å².